The minimum Gasteiger partial charge on any atom is -0.383 e. The van der Waals surface area contributed by atoms with E-state index in [1.54, 1.807) is 0 Å². The van der Waals surface area contributed by atoms with Gasteiger partial charge in [0.1, 0.15) is 28.5 Å². The number of methoxy groups -OCH3 is 1. The maximum atomic E-state index is 13.8. The van der Waals surface area contributed by atoms with Gasteiger partial charge in [0.05, 0.1) is 29.6 Å². The summed E-state index contributed by atoms with van der Waals surface area (Å²) in [7, 11) is 1.45. The molecule has 4 heterocycles. The van der Waals surface area contributed by atoms with Crippen molar-refractivity contribution in [1.29, 1.82) is 0 Å². The summed E-state index contributed by atoms with van der Waals surface area (Å²) in [4.78, 5) is 16.1. The molecule has 0 spiro atoms. The number of rotatable bonds is 7. The molecule has 0 bridgehead atoms. The van der Waals surface area contributed by atoms with Gasteiger partial charge < -0.3 is 15.4 Å². The van der Waals surface area contributed by atoms with Crippen LogP contribution in [0.15, 0.2) is 42.9 Å². The smallest absolute Gasteiger partial charge is 0.383 e. The van der Waals surface area contributed by atoms with Gasteiger partial charge in [0.25, 0.3) is 0 Å². The van der Waals surface area contributed by atoms with Crippen molar-refractivity contribution in [2.24, 2.45) is 0 Å². The zero-order chi connectivity index (χ0) is 25.9. The fourth-order valence-corrected chi connectivity index (χ4v) is 3.07. The Morgan fingerprint density at radius 1 is 0.889 bits per heavy atom. The second kappa shape index (κ2) is 9.85. The minimum atomic E-state index is -4.76. The maximum Gasteiger partial charge on any atom is 0.418 e. The van der Waals surface area contributed by atoms with E-state index in [2.05, 4.69) is 40.8 Å². The molecule has 0 atom stereocenters. The van der Waals surface area contributed by atoms with Gasteiger partial charge in [0.2, 0.25) is 0 Å². The molecule has 0 unspecified atom stereocenters. The highest BCUT2D eigenvalue weighted by atomic mass is 19.4. The Kier molecular flexibility index (Phi) is 6.83. The summed E-state index contributed by atoms with van der Waals surface area (Å²) < 4.78 is 84.4. The van der Waals surface area contributed by atoms with Crippen molar-refractivity contribution in [3.63, 3.8) is 0 Å². The van der Waals surface area contributed by atoms with Crippen LogP contribution in [0.3, 0.4) is 0 Å². The largest absolute Gasteiger partial charge is 0.418 e. The Morgan fingerprint density at radius 2 is 1.69 bits per heavy atom. The third-order valence-corrected chi connectivity index (χ3v) is 4.76. The van der Waals surface area contributed by atoms with E-state index < -0.39 is 29.2 Å². The molecule has 0 aliphatic rings. The topological polar surface area (TPSA) is 111 Å². The highest BCUT2D eigenvalue weighted by molar-refractivity contribution is 5.87. The lowest BCUT2D eigenvalue weighted by Crippen LogP contribution is -2.14. The molecule has 0 aromatic carbocycles. The van der Waals surface area contributed by atoms with Gasteiger partial charge in [-0.3, -0.25) is 0 Å². The molecule has 0 amide bonds. The first kappa shape index (κ1) is 25.0. The van der Waals surface area contributed by atoms with Crippen LogP contribution < -0.4 is 10.6 Å². The Bertz CT molecular complexity index is 1360. The lowest BCUT2D eigenvalue weighted by atomic mass is 10.1. The average molecular weight is 510 g/mol. The molecule has 4 aromatic heterocycles. The summed E-state index contributed by atoms with van der Waals surface area (Å²) in [5.41, 5.74) is -2.34. The monoisotopic (exact) mass is 510 g/mol. The summed E-state index contributed by atoms with van der Waals surface area (Å²) in [6.07, 6.45) is -6.24. The van der Waals surface area contributed by atoms with Crippen LogP contribution >= 0.6 is 0 Å². The lowest BCUT2D eigenvalue weighted by molar-refractivity contribution is -0.138. The molecular formula is C21H16F6N8O. The zero-order valence-corrected chi connectivity index (χ0v) is 18.3. The van der Waals surface area contributed by atoms with E-state index in [1.807, 2.05) is 0 Å². The molecule has 0 saturated heterocycles. The highest BCUT2D eigenvalue weighted by Crippen LogP contribution is 2.36. The highest BCUT2D eigenvalue weighted by Gasteiger charge is 2.36. The first-order chi connectivity index (χ1) is 17.1. The molecule has 9 nitrogen and oxygen atoms in total. The first-order valence-electron chi connectivity index (χ1n) is 10.2. The first-order valence-corrected chi connectivity index (χ1v) is 10.2. The van der Waals surface area contributed by atoms with Crippen molar-refractivity contribution in [1.82, 2.24) is 30.1 Å². The number of alkyl halides is 6. The van der Waals surface area contributed by atoms with E-state index in [0.717, 1.165) is 24.4 Å². The van der Waals surface area contributed by atoms with Gasteiger partial charge in [-0.05, 0) is 24.3 Å². The van der Waals surface area contributed by atoms with Gasteiger partial charge in [0.15, 0.2) is 5.65 Å². The standard InChI is InChI=1S/C21H16F6N8O/c1-36-7-6-28-16-8-12(21(25,26)27)17(35-34-16)14-10-31-18-13(4-5-29-19(18)33-14)32-15-3-2-11(9-30-15)20(22,23)24/h2-5,8-10H,6-7H2,1H3,(H,28,34)(H,29,30,32,33). The molecule has 4 rings (SSSR count). The number of anilines is 3. The van der Waals surface area contributed by atoms with Crippen molar-refractivity contribution in [3.8, 4) is 11.4 Å². The number of pyridine rings is 2. The van der Waals surface area contributed by atoms with Gasteiger partial charge in [-0.2, -0.15) is 26.3 Å². The van der Waals surface area contributed by atoms with Crippen LogP contribution in [0, 0.1) is 0 Å². The maximum absolute atomic E-state index is 13.8. The summed E-state index contributed by atoms with van der Waals surface area (Å²) in [5.74, 6) is -0.00584. The molecular weight excluding hydrogens is 494 g/mol. The number of fused-ring (bicyclic) bond motifs is 1. The summed E-state index contributed by atoms with van der Waals surface area (Å²) >= 11 is 0. The normalized spacial score (nSPS) is 12.1. The van der Waals surface area contributed by atoms with E-state index in [1.165, 1.54) is 19.4 Å². The molecule has 15 heteroatoms. The number of hydrogen-bond donors (Lipinski definition) is 2. The lowest BCUT2D eigenvalue weighted by Gasteiger charge is -2.14. The predicted octanol–water partition coefficient (Wildman–Crippen LogP) is 4.72. The average Bonchev–Trinajstić information content (AvgIpc) is 2.83. The SMILES string of the molecule is COCCNc1cc(C(F)(F)F)c(-c2cnc3c(Nc4ccc(C(F)(F)F)cn4)ccnc3n2)nn1. The molecule has 0 aliphatic carbocycles. The second-order valence-corrected chi connectivity index (χ2v) is 7.25. The van der Waals surface area contributed by atoms with E-state index in [9.17, 15) is 26.3 Å². The Morgan fingerprint density at radius 3 is 2.36 bits per heavy atom. The number of aromatic nitrogens is 6. The van der Waals surface area contributed by atoms with E-state index in [4.69, 9.17) is 4.74 Å². The summed E-state index contributed by atoms with van der Waals surface area (Å²) in [6, 6.07) is 4.26. The fourth-order valence-electron chi connectivity index (χ4n) is 3.07. The number of hydrogen-bond acceptors (Lipinski definition) is 9. The number of halogens is 6. The van der Waals surface area contributed by atoms with Crippen LogP contribution in [0.25, 0.3) is 22.6 Å². The minimum absolute atomic E-state index is 0.0263. The third kappa shape index (κ3) is 5.56. The van der Waals surface area contributed by atoms with Crippen LogP contribution in [0.2, 0.25) is 0 Å². The molecule has 0 saturated carbocycles. The van der Waals surface area contributed by atoms with Gasteiger partial charge in [-0.1, -0.05) is 0 Å². The van der Waals surface area contributed by atoms with Crippen LogP contribution in [-0.2, 0) is 17.1 Å². The Balaban J connectivity index is 1.66. The van der Waals surface area contributed by atoms with Gasteiger partial charge in [-0.25, -0.2) is 19.9 Å². The number of nitrogens with zero attached hydrogens (tertiary/aromatic N) is 6. The third-order valence-electron chi connectivity index (χ3n) is 4.76. The van der Waals surface area contributed by atoms with Gasteiger partial charge >= 0.3 is 12.4 Å². The summed E-state index contributed by atoms with van der Waals surface area (Å²) in [6.45, 7) is 0.482. The van der Waals surface area contributed by atoms with Crippen molar-refractivity contribution in [2.45, 2.75) is 12.4 Å². The Hall–Kier alpha value is -4.14. The molecule has 2 N–H and O–H groups in total. The molecule has 188 valence electrons. The number of nitrogens with one attached hydrogen (secondary N) is 2. The molecule has 36 heavy (non-hydrogen) atoms. The van der Waals surface area contributed by atoms with Crippen LogP contribution in [0.1, 0.15) is 11.1 Å². The number of ether oxygens (including phenoxy) is 1. The van der Waals surface area contributed by atoms with Crippen molar-refractivity contribution >= 4 is 28.5 Å². The van der Waals surface area contributed by atoms with Gasteiger partial charge in [-0.15, -0.1) is 10.2 Å². The fraction of sp³-hybridized carbons (Fsp3) is 0.238. The second-order valence-electron chi connectivity index (χ2n) is 7.25. The van der Waals surface area contributed by atoms with Gasteiger partial charge in [0, 0.05) is 26.0 Å². The van der Waals surface area contributed by atoms with E-state index in [-0.39, 0.29) is 47.3 Å². The molecule has 0 fully saturated rings. The van der Waals surface area contributed by atoms with Crippen LogP contribution in [0.5, 0.6) is 0 Å². The molecule has 0 aliphatic heterocycles. The quantitative estimate of drug-likeness (QED) is 0.270. The van der Waals surface area contributed by atoms with Crippen molar-refractivity contribution < 1.29 is 31.1 Å². The zero-order valence-electron chi connectivity index (χ0n) is 18.3. The van der Waals surface area contributed by atoms with Crippen molar-refractivity contribution in [2.75, 3.05) is 30.9 Å². The van der Waals surface area contributed by atoms with E-state index in [0.29, 0.717) is 6.20 Å². The molecule has 0 radical (unpaired) electrons. The Labute approximate surface area is 199 Å². The van der Waals surface area contributed by atoms with Crippen molar-refractivity contribution in [3.05, 3.63) is 54.0 Å². The van der Waals surface area contributed by atoms with E-state index >= 15 is 0 Å². The predicted molar refractivity (Wildman–Crippen MR) is 116 cm³/mol. The summed E-state index contributed by atoms with van der Waals surface area (Å²) in [5, 5.41) is 13.0. The van der Waals surface area contributed by atoms with Crippen LogP contribution in [-0.4, -0.2) is 50.4 Å². The van der Waals surface area contributed by atoms with Crippen LogP contribution in [0.4, 0.5) is 43.7 Å². The molecule has 4 aromatic rings.